The van der Waals surface area contributed by atoms with Gasteiger partial charge in [-0.3, -0.25) is 0 Å². The van der Waals surface area contributed by atoms with Gasteiger partial charge >= 0.3 is 6.03 Å². The number of nitrogens with zero attached hydrogens (tertiary/aromatic N) is 1. The highest BCUT2D eigenvalue weighted by atomic mass is 16.5. The number of hydrogen-bond acceptors (Lipinski definition) is 3. The third-order valence-electron chi connectivity index (χ3n) is 4.42. The molecule has 1 atom stereocenters. The summed E-state index contributed by atoms with van der Waals surface area (Å²) < 4.78 is 5.16. The molecular formula is C16H29N3O2. The first kappa shape index (κ1) is 17.5. The van der Waals surface area contributed by atoms with Gasteiger partial charge in [-0.05, 0) is 25.2 Å². The van der Waals surface area contributed by atoms with Gasteiger partial charge in [-0.1, -0.05) is 39.8 Å². The minimum absolute atomic E-state index is 0.0879. The number of nitrogens with one attached hydrogen (secondary N) is 2. The monoisotopic (exact) mass is 295 g/mol. The summed E-state index contributed by atoms with van der Waals surface area (Å²) in [4.78, 5) is 11.9. The molecule has 0 saturated carbocycles. The van der Waals surface area contributed by atoms with Crippen molar-refractivity contribution in [1.29, 1.82) is 0 Å². The normalized spacial score (nSPS) is 13.3. The number of aromatic nitrogens is 1. The van der Waals surface area contributed by atoms with Crippen molar-refractivity contribution < 1.29 is 9.32 Å². The molecule has 5 nitrogen and oxygen atoms in total. The van der Waals surface area contributed by atoms with Crippen molar-refractivity contribution >= 4 is 6.03 Å². The Morgan fingerprint density at radius 1 is 1.24 bits per heavy atom. The third-order valence-corrected chi connectivity index (χ3v) is 4.42. The van der Waals surface area contributed by atoms with E-state index in [4.69, 9.17) is 4.52 Å². The fourth-order valence-electron chi connectivity index (χ4n) is 2.12. The lowest BCUT2D eigenvalue weighted by molar-refractivity contribution is 0.215. The lowest BCUT2D eigenvalue weighted by Gasteiger charge is -2.29. The van der Waals surface area contributed by atoms with Crippen molar-refractivity contribution in [2.45, 2.75) is 54.4 Å². The van der Waals surface area contributed by atoms with Gasteiger partial charge in [0.15, 0.2) is 0 Å². The minimum Gasteiger partial charge on any atom is -0.361 e. The maximum atomic E-state index is 11.9. The van der Waals surface area contributed by atoms with Crippen LogP contribution in [0, 0.1) is 25.2 Å². The van der Waals surface area contributed by atoms with Crippen LogP contribution in [0.3, 0.4) is 0 Å². The molecule has 120 valence electrons. The van der Waals surface area contributed by atoms with Gasteiger partial charge in [0.2, 0.25) is 0 Å². The molecule has 0 aromatic carbocycles. The number of carbonyl (C=O) groups is 1. The van der Waals surface area contributed by atoms with Crippen molar-refractivity contribution in [3.05, 3.63) is 17.0 Å². The predicted octanol–water partition coefficient (Wildman–Crippen LogP) is 3.38. The molecule has 0 radical (unpaired) electrons. The average molecular weight is 295 g/mol. The second-order valence-electron chi connectivity index (χ2n) is 6.85. The Morgan fingerprint density at radius 2 is 1.86 bits per heavy atom. The molecule has 1 unspecified atom stereocenters. The standard InChI is InChI=1S/C16H29N3O2/c1-10(2)16(6,7)9-18-15(20)17-8-11(3)14-12(4)19-21-13(14)5/h10-11H,8-9H2,1-7H3,(H2,17,18,20). The highest BCUT2D eigenvalue weighted by Gasteiger charge is 2.23. The molecule has 1 heterocycles. The minimum atomic E-state index is -0.123. The molecule has 0 saturated heterocycles. The molecule has 1 aromatic heterocycles. The fraction of sp³-hybridized carbons (Fsp3) is 0.750. The summed E-state index contributed by atoms with van der Waals surface area (Å²) in [5, 5.41) is 9.81. The zero-order valence-corrected chi connectivity index (χ0v) is 14.3. The van der Waals surface area contributed by atoms with E-state index in [2.05, 4.69) is 50.4 Å². The summed E-state index contributed by atoms with van der Waals surface area (Å²) in [6.45, 7) is 15.8. The third kappa shape index (κ3) is 4.76. The van der Waals surface area contributed by atoms with Gasteiger partial charge in [0.05, 0.1) is 5.69 Å². The van der Waals surface area contributed by atoms with Crippen LogP contribution in [0.2, 0.25) is 0 Å². The lowest BCUT2D eigenvalue weighted by atomic mass is 9.81. The van der Waals surface area contributed by atoms with Gasteiger partial charge < -0.3 is 15.2 Å². The fourth-order valence-corrected chi connectivity index (χ4v) is 2.12. The second-order valence-corrected chi connectivity index (χ2v) is 6.85. The van der Waals surface area contributed by atoms with Crippen molar-refractivity contribution in [2.75, 3.05) is 13.1 Å². The summed E-state index contributed by atoms with van der Waals surface area (Å²) in [5.74, 6) is 1.52. The first-order chi connectivity index (χ1) is 9.65. The van der Waals surface area contributed by atoms with E-state index in [0.717, 1.165) is 17.0 Å². The SMILES string of the molecule is Cc1noc(C)c1C(C)CNC(=O)NCC(C)(C)C(C)C. The topological polar surface area (TPSA) is 67.2 Å². The van der Waals surface area contributed by atoms with Crippen molar-refractivity contribution in [3.63, 3.8) is 0 Å². The Morgan fingerprint density at radius 3 is 2.33 bits per heavy atom. The Kier molecular flexibility index (Phi) is 5.81. The van der Waals surface area contributed by atoms with Crippen molar-refractivity contribution in [1.82, 2.24) is 15.8 Å². The summed E-state index contributed by atoms with van der Waals surface area (Å²) in [6.07, 6.45) is 0. The van der Waals surface area contributed by atoms with Crippen LogP contribution in [0.5, 0.6) is 0 Å². The Bertz CT molecular complexity index is 458. The first-order valence-electron chi connectivity index (χ1n) is 7.59. The molecule has 0 spiro atoms. The molecular weight excluding hydrogens is 266 g/mol. The quantitative estimate of drug-likeness (QED) is 0.845. The van der Waals surface area contributed by atoms with E-state index in [9.17, 15) is 4.79 Å². The lowest BCUT2D eigenvalue weighted by Crippen LogP contribution is -2.43. The molecule has 0 aliphatic rings. The van der Waals surface area contributed by atoms with Crippen LogP contribution in [-0.2, 0) is 0 Å². The number of rotatable bonds is 6. The van der Waals surface area contributed by atoms with E-state index in [1.807, 2.05) is 13.8 Å². The molecule has 2 N–H and O–H groups in total. The van der Waals surface area contributed by atoms with E-state index >= 15 is 0 Å². The van der Waals surface area contributed by atoms with Crippen molar-refractivity contribution in [3.8, 4) is 0 Å². The maximum Gasteiger partial charge on any atom is 0.314 e. The van der Waals surface area contributed by atoms with Gasteiger partial charge in [0.25, 0.3) is 0 Å². The van der Waals surface area contributed by atoms with Crippen LogP contribution in [0.1, 0.15) is 57.6 Å². The van der Waals surface area contributed by atoms with E-state index in [-0.39, 0.29) is 17.4 Å². The van der Waals surface area contributed by atoms with Gasteiger partial charge in [0.1, 0.15) is 5.76 Å². The smallest absolute Gasteiger partial charge is 0.314 e. The van der Waals surface area contributed by atoms with Crippen LogP contribution < -0.4 is 10.6 Å². The van der Waals surface area contributed by atoms with E-state index in [1.54, 1.807) is 0 Å². The first-order valence-corrected chi connectivity index (χ1v) is 7.59. The Labute approximate surface area is 127 Å². The average Bonchev–Trinajstić information content (AvgIpc) is 2.73. The Balaban J connectivity index is 2.44. The largest absolute Gasteiger partial charge is 0.361 e. The van der Waals surface area contributed by atoms with Crippen LogP contribution in [-0.4, -0.2) is 24.3 Å². The summed E-state index contributed by atoms with van der Waals surface area (Å²) in [5.41, 5.74) is 2.06. The van der Waals surface area contributed by atoms with Crippen LogP contribution in [0.15, 0.2) is 4.52 Å². The highest BCUT2D eigenvalue weighted by molar-refractivity contribution is 5.73. The molecule has 5 heteroatoms. The zero-order chi connectivity index (χ0) is 16.2. The predicted molar refractivity (Wildman–Crippen MR) is 84.4 cm³/mol. The second kappa shape index (κ2) is 6.96. The number of urea groups is 1. The summed E-state index contributed by atoms with van der Waals surface area (Å²) in [7, 11) is 0. The summed E-state index contributed by atoms with van der Waals surface area (Å²) in [6, 6.07) is -0.123. The molecule has 0 aliphatic heterocycles. The number of carbonyl (C=O) groups excluding carboxylic acids is 1. The van der Waals surface area contributed by atoms with Gasteiger partial charge in [-0.15, -0.1) is 0 Å². The molecule has 0 aliphatic carbocycles. The molecule has 1 rings (SSSR count). The zero-order valence-electron chi connectivity index (χ0n) is 14.3. The molecule has 2 amide bonds. The summed E-state index contributed by atoms with van der Waals surface area (Å²) >= 11 is 0. The van der Waals surface area contributed by atoms with E-state index in [1.165, 1.54) is 0 Å². The molecule has 21 heavy (non-hydrogen) atoms. The van der Waals surface area contributed by atoms with Crippen LogP contribution >= 0.6 is 0 Å². The van der Waals surface area contributed by atoms with Crippen LogP contribution in [0.4, 0.5) is 4.79 Å². The van der Waals surface area contributed by atoms with E-state index < -0.39 is 0 Å². The van der Waals surface area contributed by atoms with Crippen LogP contribution in [0.25, 0.3) is 0 Å². The van der Waals surface area contributed by atoms with Gasteiger partial charge in [-0.25, -0.2) is 4.79 Å². The molecule has 0 bridgehead atoms. The molecule has 1 aromatic rings. The highest BCUT2D eigenvalue weighted by Crippen LogP contribution is 2.24. The Hall–Kier alpha value is -1.52. The van der Waals surface area contributed by atoms with E-state index in [0.29, 0.717) is 19.0 Å². The number of aryl methyl sites for hydroxylation is 2. The molecule has 0 fully saturated rings. The van der Waals surface area contributed by atoms with Gasteiger partial charge in [-0.2, -0.15) is 0 Å². The van der Waals surface area contributed by atoms with Crippen molar-refractivity contribution in [2.24, 2.45) is 11.3 Å². The van der Waals surface area contributed by atoms with Gasteiger partial charge in [0, 0.05) is 24.6 Å². The number of hydrogen-bond donors (Lipinski definition) is 2. The number of amides is 2. The maximum absolute atomic E-state index is 11.9.